The summed E-state index contributed by atoms with van der Waals surface area (Å²) in [6.07, 6.45) is 5.35. The molecule has 0 aliphatic heterocycles. The molecule has 2 heterocycles. The van der Waals surface area contributed by atoms with Crippen LogP contribution >= 0.6 is 0 Å². The van der Waals surface area contributed by atoms with Crippen LogP contribution in [0, 0.1) is 13.8 Å². The minimum atomic E-state index is -0.161. The molecule has 0 bridgehead atoms. The predicted molar refractivity (Wildman–Crippen MR) is 130 cm³/mol. The van der Waals surface area contributed by atoms with Gasteiger partial charge in [0.05, 0.1) is 23.8 Å². The highest BCUT2D eigenvalue weighted by Gasteiger charge is 2.11. The molecule has 0 saturated heterocycles. The molecule has 33 heavy (non-hydrogen) atoms. The Morgan fingerprint density at radius 1 is 1.03 bits per heavy atom. The first-order valence-corrected chi connectivity index (χ1v) is 11.6. The second-order valence-electron chi connectivity index (χ2n) is 8.38. The Hall–Kier alpha value is -3.54. The van der Waals surface area contributed by atoms with Gasteiger partial charge in [0.15, 0.2) is 5.76 Å². The van der Waals surface area contributed by atoms with E-state index in [-0.39, 0.29) is 5.91 Å². The third-order valence-corrected chi connectivity index (χ3v) is 5.62. The zero-order valence-electron chi connectivity index (χ0n) is 19.3. The number of aromatic nitrogens is 2. The highest BCUT2D eigenvalue weighted by atomic mass is 16.5. The number of imidazole rings is 1. The number of carbonyl (C=O) groups excluding carboxylic acids is 1. The molecular formula is C27H31N3O3. The Labute approximate surface area is 194 Å². The van der Waals surface area contributed by atoms with Crippen molar-refractivity contribution >= 4 is 16.9 Å². The fourth-order valence-corrected chi connectivity index (χ4v) is 4.12. The number of hydrogen-bond acceptors (Lipinski definition) is 4. The third-order valence-electron chi connectivity index (χ3n) is 5.62. The van der Waals surface area contributed by atoms with Gasteiger partial charge in [0.25, 0.3) is 5.91 Å². The van der Waals surface area contributed by atoms with E-state index in [0.29, 0.717) is 18.9 Å². The zero-order valence-corrected chi connectivity index (χ0v) is 19.3. The van der Waals surface area contributed by atoms with Gasteiger partial charge in [0, 0.05) is 13.0 Å². The molecule has 2 aromatic heterocycles. The van der Waals surface area contributed by atoms with Crippen LogP contribution in [0.4, 0.5) is 0 Å². The van der Waals surface area contributed by atoms with E-state index in [1.807, 2.05) is 6.07 Å². The molecule has 1 N–H and O–H groups in total. The monoisotopic (exact) mass is 445 g/mol. The number of carbonyl (C=O) groups is 1. The third kappa shape index (κ3) is 6.04. The summed E-state index contributed by atoms with van der Waals surface area (Å²) in [7, 11) is 0. The Morgan fingerprint density at radius 3 is 2.64 bits per heavy atom. The smallest absolute Gasteiger partial charge is 0.286 e. The van der Waals surface area contributed by atoms with Crippen LogP contribution in [-0.4, -0.2) is 28.6 Å². The van der Waals surface area contributed by atoms with Crippen molar-refractivity contribution in [3.05, 3.63) is 83.6 Å². The molecule has 6 nitrogen and oxygen atoms in total. The summed E-state index contributed by atoms with van der Waals surface area (Å²) in [4.78, 5) is 16.8. The van der Waals surface area contributed by atoms with Crippen molar-refractivity contribution in [2.24, 2.45) is 0 Å². The average molecular weight is 446 g/mol. The Kier molecular flexibility index (Phi) is 7.45. The Balaban J connectivity index is 1.29. The van der Waals surface area contributed by atoms with Crippen molar-refractivity contribution in [3.63, 3.8) is 0 Å². The molecular weight excluding hydrogens is 414 g/mol. The summed E-state index contributed by atoms with van der Waals surface area (Å²) in [6, 6.07) is 17.9. The first-order chi connectivity index (χ1) is 16.1. The van der Waals surface area contributed by atoms with Gasteiger partial charge in [-0.3, -0.25) is 4.79 Å². The summed E-state index contributed by atoms with van der Waals surface area (Å²) < 4.78 is 13.4. The number of benzene rings is 2. The molecule has 2 aromatic carbocycles. The molecule has 0 radical (unpaired) electrons. The van der Waals surface area contributed by atoms with Crippen molar-refractivity contribution in [2.75, 3.05) is 13.2 Å². The van der Waals surface area contributed by atoms with Gasteiger partial charge in [-0.2, -0.15) is 0 Å². The number of aryl methyl sites for hydroxylation is 3. The van der Waals surface area contributed by atoms with Crippen LogP contribution in [0.1, 0.15) is 46.8 Å². The molecule has 0 aliphatic rings. The fraction of sp³-hybridized carbons (Fsp3) is 0.333. The van der Waals surface area contributed by atoms with Gasteiger partial charge in [-0.15, -0.1) is 0 Å². The lowest BCUT2D eigenvalue weighted by Gasteiger charge is -2.12. The number of nitrogens with one attached hydrogen (secondary N) is 1. The first kappa shape index (κ1) is 22.6. The molecule has 0 saturated carbocycles. The van der Waals surface area contributed by atoms with Gasteiger partial charge < -0.3 is 19.0 Å². The second kappa shape index (κ2) is 10.9. The summed E-state index contributed by atoms with van der Waals surface area (Å²) >= 11 is 0. The lowest BCUT2D eigenvalue weighted by atomic mass is 10.1. The summed E-state index contributed by atoms with van der Waals surface area (Å²) in [6.45, 7) is 6.16. The maximum absolute atomic E-state index is 11.9. The molecule has 172 valence electrons. The first-order valence-electron chi connectivity index (χ1n) is 11.6. The molecule has 0 fully saturated rings. The van der Waals surface area contributed by atoms with Gasteiger partial charge in [-0.05, 0) is 74.2 Å². The molecule has 0 aliphatic carbocycles. The number of ether oxygens (including phenoxy) is 1. The number of rotatable bonds is 11. The largest absolute Gasteiger partial charge is 0.492 e. The lowest BCUT2D eigenvalue weighted by Crippen LogP contribution is -2.23. The minimum Gasteiger partial charge on any atom is -0.492 e. The van der Waals surface area contributed by atoms with Crippen molar-refractivity contribution < 1.29 is 13.9 Å². The Morgan fingerprint density at radius 2 is 1.85 bits per heavy atom. The summed E-state index contributed by atoms with van der Waals surface area (Å²) in [5.41, 5.74) is 4.57. The van der Waals surface area contributed by atoms with Crippen molar-refractivity contribution in [2.45, 2.75) is 46.1 Å². The number of fused-ring (bicyclic) bond motifs is 1. The molecule has 4 rings (SSSR count). The van der Waals surface area contributed by atoms with E-state index < -0.39 is 0 Å². The van der Waals surface area contributed by atoms with Crippen LogP contribution in [0.25, 0.3) is 11.0 Å². The summed E-state index contributed by atoms with van der Waals surface area (Å²) in [5, 5.41) is 2.90. The fourth-order valence-electron chi connectivity index (χ4n) is 4.12. The van der Waals surface area contributed by atoms with E-state index in [9.17, 15) is 4.79 Å². The summed E-state index contributed by atoms with van der Waals surface area (Å²) in [5.74, 6) is 2.19. The van der Waals surface area contributed by atoms with Gasteiger partial charge in [-0.25, -0.2) is 4.98 Å². The van der Waals surface area contributed by atoms with Gasteiger partial charge in [-0.1, -0.05) is 24.6 Å². The van der Waals surface area contributed by atoms with E-state index in [2.05, 4.69) is 60.1 Å². The van der Waals surface area contributed by atoms with E-state index in [4.69, 9.17) is 14.1 Å². The standard InChI is InChI=1S/C27H31N3O3/c1-20-17-21(2)19-22(18-20)32-16-14-30-24-10-6-5-9-23(24)29-26(30)12-4-3-7-13-28-27(31)25-11-8-15-33-25/h5-6,8-11,15,17-19H,3-4,7,12-14,16H2,1-2H3,(H,28,31). The molecule has 6 heteroatoms. The molecule has 0 unspecified atom stereocenters. The van der Waals surface area contributed by atoms with Gasteiger partial charge >= 0.3 is 0 Å². The average Bonchev–Trinajstić information content (AvgIpc) is 3.44. The number of amides is 1. The van der Waals surface area contributed by atoms with E-state index in [0.717, 1.165) is 54.8 Å². The van der Waals surface area contributed by atoms with Crippen LogP contribution in [0.15, 0.2) is 65.3 Å². The number of nitrogens with zero attached hydrogens (tertiary/aromatic N) is 2. The van der Waals surface area contributed by atoms with Crippen molar-refractivity contribution in [1.29, 1.82) is 0 Å². The van der Waals surface area contributed by atoms with Gasteiger partial charge in [0.2, 0.25) is 0 Å². The van der Waals surface area contributed by atoms with Crippen molar-refractivity contribution in [1.82, 2.24) is 14.9 Å². The van der Waals surface area contributed by atoms with Gasteiger partial charge in [0.1, 0.15) is 18.2 Å². The van der Waals surface area contributed by atoms with Crippen molar-refractivity contribution in [3.8, 4) is 5.75 Å². The van der Waals surface area contributed by atoms with Crippen LogP contribution in [-0.2, 0) is 13.0 Å². The normalized spacial score (nSPS) is 11.1. The van der Waals surface area contributed by atoms with E-state index in [1.165, 1.54) is 17.4 Å². The van der Waals surface area contributed by atoms with E-state index in [1.54, 1.807) is 12.1 Å². The molecule has 0 atom stereocenters. The van der Waals surface area contributed by atoms with Crippen LogP contribution in [0.5, 0.6) is 5.75 Å². The number of para-hydroxylation sites is 2. The lowest BCUT2D eigenvalue weighted by molar-refractivity contribution is 0.0925. The van der Waals surface area contributed by atoms with Crippen LogP contribution in [0.2, 0.25) is 0 Å². The van der Waals surface area contributed by atoms with Crippen LogP contribution in [0.3, 0.4) is 0 Å². The minimum absolute atomic E-state index is 0.161. The maximum atomic E-state index is 11.9. The van der Waals surface area contributed by atoms with E-state index >= 15 is 0 Å². The maximum Gasteiger partial charge on any atom is 0.286 e. The second-order valence-corrected chi connectivity index (χ2v) is 8.38. The highest BCUT2D eigenvalue weighted by molar-refractivity contribution is 5.91. The predicted octanol–water partition coefficient (Wildman–Crippen LogP) is 5.47. The molecule has 4 aromatic rings. The number of furan rings is 1. The Bertz CT molecular complexity index is 1170. The molecule has 1 amide bonds. The quantitative estimate of drug-likeness (QED) is 0.311. The number of unbranched alkanes of at least 4 members (excludes halogenated alkanes) is 2. The highest BCUT2D eigenvalue weighted by Crippen LogP contribution is 2.19. The number of hydrogen-bond donors (Lipinski definition) is 1. The SMILES string of the molecule is Cc1cc(C)cc(OCCn2c(CCCCCNC(=O)c3ccco3)nc3ccccc32)c1. The zero-order chi connectivity index (χ0) is 23.0. The molecule has 0 spiro atoms. The topological polar surface area (TPSA) is 69.3 Å². The van der Waals surface area contributed by atoms with Crippen LogP contribution < -0.4 is 10.1 Å².